The summed E-state index contributed by atoms with van der Waals surface area (Å²) in [7, 11) is 0. The summed E-state index contributed by atoms with van der Waals surface area (Å²) >= 11 is 0. The van der Waals surface area contributed by atoms with Crippen LogP contribution in [0.4, 0.5) is 0 Å². The number of hydrogen-bond acceptors (Lipinski definition) is 17. The van der Waals surface area contributed by atoms with Gasteiger partial charge in [-0.2, -0.15) is 0 Å². The van der Waals surface area contributed by atoms with Gasteiger partial charge in [0.1, 0.15) is 41.6 Å². The van der Waals surface area contributed by atoms with E-state index in [1.807, 2.05) is 27.7 Å². The Bertz CT molecular complexity index is 2640. The van der Waals surface area contributed by atoms with Gasteiger partial charge in [0.25, 0.3) is 0 Å². The van der Waals surface area contributed by atoms with Gasteiger partial charge >= 0.3 is 0 Å². The lowest BCUT2D eigenvalue weighted by Gasteiger charge is -2.43. The molecule has 422 valence electrons. The molecule has 0 spiro atoms. The summed E-state index contributed by atoms with van der Waals surface area (Å²) in [5, 5.41) is 69.7. The van der Waals surface area contributed by atoms with Crippen molar-refractivity contribution in [2.24, 2.45) is 38.8 Å². The van der Waals surface area contributed by atoms with Gasteiger partial charge in [-0.05, 0) is 84.1 Å². The highest BCUT2D eigenvalue weighted by Gasteiger charge is 2.50. The quantitative estimate of drug-likeness (QED) is 0.0195. The van der Waals surface area contributed by atoms with Crippen LogP contribution >= 0.6 is 0 Å². The number of ether oxygens (including phenoxy) is 1. The van der Waals surface area contributed by atoms with E-state index < -0.39 is 138 Å². The van der Waals surface area contributed by atoms with Crippen molar-refractivity contribution >= 4 is 58.7 Å². The van der Waals surface area contributed by atoms with Gasteiger partial charge in [0.05, 0.1) is 43.0 Å². The van der Waals surface area contributed by atoms with E-state index in [0.717, 1.165) is 0 Å². The lowest BCUT2D eigenvalue weighted by Crippen LogP contribution is -2.58. The van der Waals surface area contributed by atoms with Crippen LogP contribution in [0, 0.1) is 5.92 Å². The molecule has 5 rings (SSSR count). The number of rotatable bonds is 25. The van der Waals surface area contributed by atoms with Crippen LogP contribution in [0.5, 0.6) is 11.5 Å². The van der Waals surface area contributed by atoms with Gasteiger partial charge in [0.15, 0.2) is 29.3 Å². The van der Waals surface area contributed by atoms with Crippen LogP contribution in [0.25, 0.3) is 0 Å². The Kier molecular flexibility index (Phi) is 20.8. The number of carbonyl (C=O) groups excluding carboxylic acids is 8. The van der Waals surface area contributed by atoms with Crippen molar-refractivity contribution in [3.63, 3.8) is 0 Å². The molecule has 8 unspecified atom stereocenters. The Morgan fingerprint density at radius 2 is 1.44 bits per heavy atom. The topological polar surface area (TPSA) is 436 Å². The first-order valence-corrected chi connectivity index (χ1v) is 25.7. The number of hydrogen-bond donors (Lipinski definition) is 14. The first kappa shape index (κ1) is 60.8. The van der Waals surface area contributed by atoms with Gasteiger partial charge in [-0.25, -0.2) is 0 Å². The molecule has 1 aliphatic heterocycles. The number of phenolic OH excluding ortho intramolecular Hbond substituents is 2. The molecule has 2 aromatic carbocycles. The minimum Gasteiger partial charge on any atom is -0.507 e. The molecule has 77 heavy (non-hydrogen) atoms. The van der Waals surface area contributed by atoms with E-state index in [1.54, 1.807) is 6.92 Å². The van der Waals surface area contributed by atoms with Gasteiger partial charge in [-0.3, -0.25) is 48.3 Å². The van der Waals surface area contributed by atoms with Crippen LogP contribution in [0.3, 0.4) is 0 Å². The van der Waals surface area contributed by atoms with Crippen molar-refractivity contribution < 1.29 is 68.6 Å². The maximum atomic E-state index is 14.5. The summed E-state index contributed by atoms with van der Waals surface area (Å²) in [6.45, 7) is 7.28. The number of nitrogens with one attached hydrogen (secondary N) is 5. The minimum absolute atomic E-state index is 0.00295. The van der Waals surface area contributed by atoms with E-state index >= 15 is 0 Å². The molecule has 0 saturated carbocycles. The Morgan fingerprint density at radius 3 is 2.04 bits per heavy atom. The van der Waals surface area contributed by atoms with Gasteiger partial charge in [0.2, 0.25) is 23.6 Å². The van der Waals surface area contributed by atoms with E-state index in [-0.39, 0.29) is 128 Å². The molecule has 1 heterocycles. The SMILES string of the molecule is CC1OC(CC2CC(O)(C(=O)CO)Cc3c(O)c4c(c(O)c32)C(=O)c2c(CO)cccc2C4=O)CC(NC(=O)C(CCCN=C(N)N)NC(=O)C(CCCN=C(N)N)NC(=O)CNC(=O)CCC(=O)CNC(C)(C)C)C1C. The van der Waals surface area contributed by atoms with E-state index in [1.165, 1.54) is 18.2 Å². The number of carbonyl (C=O) groups is 8. The van der Waals surface area contributed by atoms with Gasteiger partial charge in [0, 0.05) is 72.1 Å². The Hall–Kier alpha value is -7.06. The summed E-state index contributed by atoms with van der Waals surface area (Å²) < 4.78 is 6.44. The highest BCUT2D eigenvalue weighted by molar-refractivity contribution is 6.31. The lowest BCUT2D eigenvalue weighted by molar-refractivity contribution is -0.143. The van der Waals surface area contributed by atoms with Crippen molar-refractivity contribution in [3.8, 4) is 11.5 Å². The normalized spacial score (nSPS) is 21.5. The Morgan fingerprint density at radius 1 is 0.818 bits per heavy atom. The molecule has 2 aromatic rings. The molecule has 0 bridgehead atoms. The van der Waals surface area contributed by atoms with Crippen molar-refractivity contribution in [2.45, 2.75) is 153 Å². The second-order valence-electron chi connectivity index (χ2n) is 21.1. The molecule has 25 nitrogen and oxygen atoms in total. The highest BCUT2D eigenvalue weighted by Crippen LogP contribution is 2.53. The predicted octanol–water partition coefficient (Wildman–Crippen LogP) is -1.69. The summed E-state index contributed by atoms with van der Waals surface area (Å²) in [5.74, 6) is -8.80. The van der Waals surface area contributed by atoms with E-state index in [9.17, 15) is 63.9 Å². The number of aliphatic hydroxyl groups is 3. The predicted molar refractivity (Wildman–Crippen MR) is 280 cm³/mol. The number of aromatic hydroxyl groups is 2. The Balaban J connectivity index is 1.37. The van der Waals surface area contributed by atoms with Crippen molar-refractivity contribution in [1.29, 1.82) is 0 Å². The first-order valence-electron chi connectivity index (χ1n) is 25.7. The van der Waals surface area contributed by atoms with Crippen molar-refractivity contribution in [3.05, 3.63) is 57.1 Å². The number of amides is 4. The summed E-state index contributed by atoms with van der Waals surface area (Å²) in [5.41, 5.74) is 18.0. The molecule has 4 amide bonds. The van der Waals surface area contributed by atoms with Crippen LogP contribution in [0.2, 0.25) is 0 Å². The molecule has 2 aliphatic carbocycles. The largest absolute Gasteiger partial charge is 0.507 e. The maximum Gasteiger partial charge on any atom is 0.243 e. The van der Waals surface area contributed by atoms with Crippen LogP contribution in [-0.2, 0) is 46.5 Å². The molecular formula is C52H75N11O14. The third-order valence-corrected chi connectivity index (χ3v) is 14.2. The number of Topliss-reactive ketones (excluding diaryl/α,β-unsaturated/α-hetero) is 2. The molecule has 0 aromatic heterocycles. The first-order chi connectivity index (χ1) is 36.2. The van der Waals surface area contributed by atoms with Crippen molar-refractivity contribution in [1.82, 2.24) is 26.6 Å². The number of aliphatic imine (C=N–C) groups is 2. The molecule has 25 heteroatoms. The minimum atomic E-state index is -2.30. The third-order valence-electron chi connectivity index (χ3n) is 14.2. The number of aliphatic hydroxyl groups excluding tert-OH is 2. The number of benzene rings is 2. The van der Waals surface area contributed by atoms with Gasteiger partial charge in [-0.15, -0.1) is 0 Å². The zero-order valence-corrected chi connectivity index (χ0v) is 44.2. The summed E-state index contributed by atoms with van der Waals surface area (Å²) in [6, 6.07) is 1.07. The second kappa shape index (κ2) is 26.3. The number of guanidine groups is 2. The van der Waals surface area contributed by atoms with Crippen LogP contribution in [0.1, 0.15) is 147 Å². The van der Waals surface area contributed by atoms with E-state index in [2.05, 4.69) is 36.6 Å². The fourth-order valence-corrected chi connectivity index (χ4v) is 10.0. The molecule has 0 radical (unpaired) electrons. The maximum absolute atomic E-state index is 14.5. The van der Waals surface area contributed by atoms with Crippen molar-refractivity contribution in [2.75, 3.05) is 32.8 Å². The average Bonchev–Trinajstić information content (AvgIpc) is 3.37. The number of ketones is 4. The molecular weight excluding hydrogens is 1000 g/mol. The fraction of sp³-hybridized carbons (Fsp3) is 0.577. The number of fused-ring (bicyclic) bond motifs is 3. The smallest absolute Gasteiger partial charge is 0.243 e. The fourth-order valence-electron chi connectivity index (χ4n) is 10.0. The average molecular weight is 1080 g/mol. The Labute approximate surface area is 445 Å². The number of nitrogens with two attached hydrogens (primary N) is 4. The second-order valence-corrected chi connectivity index (χ2v) is 21.1. The van der Waals surface area contributed by atoms with Crippen LogP contribution in [-0.4, -0.2) is 158 Å². The van der Waals surface area contributed by atoms with Crippen LogP contribution in [0.15, 0.2) is 28.2 Å². The monoisotopic (exact) mass is 1080 g/mol. The zero-order valence-electron chi connectivity index (χ0n) is 44.2. The van der Waals surface area contributed by atoms with E-state index in [0.29, 0.717) is 0 Å². The lowest BCUT2D eigenvalue weighted by atomic mass is 9.67. The zero-order chi connectivity index (χ0) is 57.1. The summed E-state index contributed by atoms with van der Waals surface area (Å²) in [4.78, 5) is 116. The van der Waals surface area contributed by atoms with E-state index in [4.69, 9.17) is 27.7 Å². The molecule has 1 saturated heterocycles. The highest BCUT2D eigenvalue weighted by atomic mass is 16.5. The third kappa shape index (κ3) is 15.6. The molecule has 1 fully saturated rings. The van der Waals surface area contributed by atoms with Crippen LogP contribution < -0.4 is 49.5 Å². The molecule has 18 N–H and O–H groups in total. The van der Waals surface area contributed by atoms with Gasteiger partial charge < -0.3 is 79.8 Å². The summed E-state index contributed by atoms with van der Waals surface area (Å²) in [6.07, 6.45) is -2.22. The number of nitrogens with zero attached hydrogens (tertiary/aromatic N) is 2. The molecule has 3 aliphatic rings. The van der Waals surface area contributed by atoms with Gasteiger partial charge in [-0.1, -0.05) is 25.1 Å². The standard InChI is InChI=1S/C52H75N11O14/c1-25-26(2)77-30(17-28-19-52(76,36(67)24-65)20-32-40(28)46(73)42-41(44(32)71)43(70)31-10-6-9-27(23-64)39(31)45(42)72)18-35(25)63-48(75)34(12-8-16-58-50(55)56)62-47(74)33(11-7-15-57-49(53)54)61-38(69)22-59-37(68)14-13-29(66)21-60-51(3,4)5/h6,9-10,25-26,28,30,33-35,60,64-65,71,73,76H,7-8,11-24H2,1-5H3,(H,59,68)(H,61,69)(H,62,74)(H,63,75)(H4,53,54,57)(H4,55,56,58). The molecule has 8 atom stereocenters. The number of phenols is 2.